The van der Waals surface area contributed by atoms with Crippen molar-refractivity contribution < 1.29 is 14.6 Å². The summed E-state index contributed by atoms with van der Waals surface area (Å²) in [5.41, 5.74) is 5.37. The Balaban J connectivity index is 1.72. The first-order chi connectivity index (χ1) is 19.9. The third kappa shape index (κ3) is 10.4. The first kappa shape index (κ1) is 31.4. The van der Waals surface area contributed by atoms with Crippen LogP contribution in [-0.4, -0.2) is 53.5 Å². The van der Waals surface area contributed by atoms with Gasteiger partial charge in [-0.1, -0.05) is 91.9 Å². The van der Waals surface area contributed by atoms with E-state index < -0.39 is 12.0 Å². The molecule has 0 aromatic heterocycles. The maximum absolute atomic E-state index is 11.9. The predicted octanol–water partition coefficient (Wildman–Crippen LogP) is 6.93. The number of rotatable bonds is 15. The van der Waals surface area contributed by atoms with Gasteiger partial charge in [0.1, 0.15) is 6.04 Å². The molecule has 0 amide bonds. The zero-order chi connectivity index (χ0) is 29.5. The van der Waals surface area contributed by atoms with Crippen molar-refractivity contribution in [3.8, 4) is 0 Å². The number of likely N-dealkylation sites (N-methyl/N-ethyl adjacent to an activating group) is 1. The molecule has 3 aromatic carbocycles. The maximum atomic E-state index is 11.9. The van der Waals surface area contributed by atoms with Gasteiger partial charge in [-0.2, -0.15) is 0 Å². The van der Waals surface area contributed by atoms with Crippen LogP contribution < -0.4 is 0 Å². The summed E-state index contributed by atoms with van der Waals surface area (Å²) in [5, 5.41) is 9.77. The normalized spacial score (nSPS) is 13.0. The first-order valence-electron chi connectivity index (χ1n) is 14.2. The van der Waals surface area contributed by atoms with E-state index in [4.69, 9.17) is 9.73 Å². The van der Waals surface area contributed by atoms with Crippen molar-refractivity contribution in [2.45, 2.75) is 52.2 Å². The number of aliphatic carboxylic acids is 1. The number of carbonyl (C=O) groups is 1. The molecule has 1 N–H and O–H groups in total. The Labute approximate surface area is 245 Å². The minimum atomic E-state index is -0.822. The number of carboxylic acids is 1. The predicted molar refractivity (Wildman–Crippen MR) is 168 cm³/mol. The fraction of sp³-hybridized carbons (Fsp3) is 0.314. The summed E-state index contributed by atoms with van der Waals surface area (Å²) in [7, 11) is 3.47. The molecule has 0 spiro atoms. The van der Waals surface area contributed by atoms with Crippen LogP contribution >= 0.6 is 0 Å². The molecule has 1 unspecified atom stereocenters. The molecule has 0 saturated heterocycles. The highest BCUT2D eigenvalue weighted by atomic mass is 16.5. The lowest BCUT2D eigenvalue weighted by Gasteiger charge is -2.24. The van der Waals surface area contributed by atoms with Gasteiger partial charge in [-0.25, -0.2) is 9.79 Å². The second kappa shape index (κ2) is 16.8. The Morgan fingerprint density at radius 1 is 0.927 bits per heavy atom. The van der Waals surface area contributed by atoms with E-state index in [1.165, 1.54) is 11.1 Å². The van der Waals surface area contributed by atoms with E-state index in [0.717, 1.165) is 49.3 Å². The van der Waals surface area contributed by atoms with Gasteiger partial charge in [-0.3, -0.25) is 4.90 Å². The minimum Gasteiger partial charge on any atom is -0.481 e. The lowest BCUT2D eigenvalue weighted by Crippen LogP contribution is -2.36. The Kier molecular flexibility index (Phi) is 12.9. The van der Waals surface area contributed by atoms with Crippen LogP contribution in [-0.2, 0) is 29.0 Å². The average Bonchev–Trinajstić information content (AvgIpc) is 3.00. The Hall–Kier alpha value is -4.16. The molecular formula is C35H43N3O3. The molecule has 0 saturated carbocycles. The van der Waals surface area contributed by atoms with Crippen LogP contribution in [0.25, 0.3) is 0 Å². The number of carboxylic acid groups (broad SMARTS) is 1. The number of methoxy groups -OCH3 is 1. The fourth-order valence-electron chi connectivity index (χ4n) is 4.58. The Bertz CT molecular complexity index is 1290. The number of ether oxygens (including phenoxy) is 1. The maximum Gasteiger partial charge on any atom is 0.326 e. The number of hydrogen-bond donors (Lipinski definition) is 1. The highest BCUT2D eigenvalue weighted by Crippen LogP contribution is 2.17. The van der Waals surface area contributed by atoms with Crippen LogP contribution in [0.1, 0.15) is 48.9 Å². The van der Waals surface area contributed by atoms with Crippen molar-refractivity contribution in [2.24, 2.45) is 4.99 Å². The van der Waals surface area contributed by atoms with Crippen molar-refractivity contribution in [1.29, 1.82) is 0 Å². The molecule has 41 heavy (non-hydrogen) atoms. The average molecular weight is 554 g/mol. The van der Waals surface area contributed by atoms with E-state index in [9.17, 15) is 9.90 Å². The van der Waals surface area contributed by atoms with Gasteiger partial charge in [0.15, 0.2) is 0 Å². The zero-order valence-corrected chi connectivity index (χ0v) is 24.7. The lowest BCUT2D eigenvalue weighted by molar-refractivity contribution is -0.141. The van der Waals surface area contributed by atoms with Crippen LogP contribution in [0.4, 0.5) is 0 Å². The van der Waals surface area contributed by atoms with E-state index in [0.29, 0.717) is 12.3 Å². The van der Waals surface area contributed by atoms with Crippen LogP contribution in [0.2, 0.25) is 0 Å². The van der Waals surface area contributed by atoms with Crippen molar-refractivity contribution in [3.05, 3.63) is 131 Å². The summed E-state index contributed by atoms with van der Waals surface area (Å²) in [4.78, 5) is 20.9. The molecule has 0 fully saturated rings. The molecule has 0 bridgehead atoms. The number of allylic oxidation sites excluding steroid dienone is 2. The molecule has 6 heteroatoms. The van der Waals surface area contributed by atoms with Crippen molar-refractivity contribution in [3.63, 3.8) is 0 Å². The van der Waals surface area contributed by atoms with E-state index >= 15 is 0 Å². The van der Waals surface area contributed by atoms with E-state index in [2.05, 4.69) is 53.4 Å². The first-order valence-corrected chi connectivity index (χ1v) is 14.2. The van der Waals surface area contributed by atoms with Crippen molar-refractivity contribution >= 4 is 11.9 Å². The number of benzene rings is 3. The molecule has 6 nitrogen and oxygen atoms in total. The Morgan fingerprint density at radius 3 is 2.07 bits per heavy atom. The summed E-state index contributed by atoms with van der Waals surface area (Å²) in [6.45, 7) is 6.45. The van der Waals surface area contributed by atoms with Crippen LogP contribution in [0.15, 0.2) is 114 Å². The fourth-order valence-corrected chi connectivity index (χ4v) is 4.58. The summed E-state index contributed by atoms with van der Waals surface area (Å²) in [6, 6.07) is 28.1. The minimum absolute atomic E-state index is 0.444. The summed E-state index contributed by atoms with van der Waals surface area (Å²) < 4.78 is 5.61. The molecule has 0 aliphatic carbocycles. The van der Waals surface area contributed by atoms with Gasteiger partial charge in [-0.05, 0) is 48.4 Å². The van der Waals surface area contributed by atoms with Gasteiger partial charge in [0, 0.05) is 50.8 Å². The SMILES string of the molecule is C/C=C(\CCN(Cc1ccccc1)Cc1ccc(CC(C(=O)O)N(C)/C=C\CC)cc1)N=C(OC)c1ccccc1. The number of hydrogen-bond acceptors (Lipinski definition) is 5. The van der Waals surface area contributed by atoms with Gasteiger partial charge in [0.05, 0.1) is 7.11 Å². The quantitative estimate of drug-likeness (QED) is 0.163. The van der Waals surface area contributed by atoms with Gasteiger partial charge in [-0.15, -0.1) is 0 Å². The van der Waals surface area contributed by atoms with E-state index in [1.54, 1.807) is 12.0 Å². The number of aliphatic imine (C=N–C) groups is 1. The molecule has 0 radical (unpaired) electrons. The molecule has 0 aliphatic heterocycles. The third-order valence-corrected chi connectivity index (χ3v) is 6.94. The molecule has 0 heterocycles. The van der Waals surface area contributed by atoms with Crippen molar-refractivity contribution in [2.75, 3.05) is 20.7 Å². The van der Waals surface area contributed by atoms with Gasteiger partial charge < -0.3 is 14.7 Å². The highest BCUT2D eigenvalue weighted by Gasteiger charge is 2.21. The Morgan fingerprint density at radius 2 is 1.51 bits per heavy atom. The summed E-state index contributed by atoms with van der Waals surface area (Å²) >= 11 is 0. The molecule has 3 aromatic rings. The standard InChI is InChI=1S/C35H43N3O3/c1-5-7-23-37(3)33(35(39)40)25-28-18-20-30(21-19-28)27-38(26-29-14-10-8-11-15-29)24-22-32(6-2)36-34(41-4)31-16-12-9-13-17-31/h6-21,23,33H,5,22,24-27H2,1-4H3,(H,39,40)/b23-7-,32-6+,36-34?. The monoisotopic (exact) mass is 553 g/mol. The molecule has 1 atom stereocenters. The molecular weight excluding hydrogens is 510 g/mol. The highest BCUT2D eigenvalue weighted by molar-refractivity contribution is 5.94. The second-order valence-corrected chi connectivity index (χ2v) is 10.0. The molecule has 216 valence electrons. The van der Waals surface area contributed by atoms with Crippen LogP contribution in [0.3, 0.4) is 0 Å². The number of nitrogens with zero attached hydrogens (tertiary/aromatic N) is 3. The van der Waals surface area contributed by atoms with Crippen LogP contribution in [0.5, 0.6) is 0 Å². The van der Waals surface area contributed by atoms with Crippen LogP contribution in [0, 0.1) is 0 Å². The van der Waals surface area contributed by atoms with E-state index in [1.807, 2.05) is 75.6 Å². The van der Waals surface area contributed by atoms with E-state index in [-0.39, 0.29) is 0 Å². The largest absolute Gasteiger partial charge is 0.481 e. The van der Waals surface area contributed by atoms with Crippen molar-refractivity contribution in [1.82, 2.24) is 9.80 Å². The summed E-state index contributed by atoms with van der Waals surface area (Å²) in [5.74, 6) is -0.211. The third-order valence-electron chi connectivity index (χ3n) is 6.94. The smallest absolute Gasteiger partial charge is 0.326 e. The van der Waals surface area contributed by atoms with Gasteiger partial charge in [0.25, 0.3) is 0 Å². The topological polar surface area (TPSA) is 65.4 Å². The zero-order valence-electron chi connectivity index (χ0n) is 24.7. The lowest BCUT2D eigenvalue weighted by atomic mass is 10.0. The van der Waals surface area contributed by atoms with Gasteiger partial charge in [0.2, 0.25) is 5.90 Å². The molecule has 3 rings (SSSR count). The summed E-state index contributed by atoms with van der Waals surface area (Å²) in [6.07, 6.45) is 7.96. The van der Waals surface area contributed by atoms with Gasteiger partial charge >= 0.3 is 5.97 Å². The second-order valence-electron chi connectivity index (χ2n) is 10.0. The molecule has 0 aliphatic rings.